The fourth-order valence-electron chi connectivity index (χ4n) is 3.46. The van der Waals surface area contributed by atoms with E-state index in [-0.39, 0.29) is 16.9 Å². The maximum Gasteiger partial charge on any atom is 0.344 e. The first-order chi connectivity index (χ1) is 15.9. The molecule has 0 aliphatic rings. The Morgan fingerprint density at radius 2 is 1.48 bits per heavy atom. The van der Waals surface area contributed by atoms with Gasteiger partial charge in [-0.3, -0.25) is 0 Å². The molecule has 33 heavy (non-hydrogen) atoms. The molecule has 5 rings (SSSR count). The summed E-state index contributed by atoms with van der Waals surface area (Å²) < 4.78 is 16.1. The summed E-state index contributed by atoms with van der Waals surface area (Å²) in [6, 6.07) is 18.5. The number of halogens is 2. The second-order valence-electron chi connectivity index (χ2n) is 7.16. The normalized spacial score (nSPS) is 11.1. The van der Waals surface area contributed by atoms with Gasteiger partial charge in [0, 0.05) is 38.5 Å². The zero-order valence-corrected chi connectivity index (χ0v) is 18.1. The lowest BCUT2D eigenvalue weighted by atomic mass is 10.0. The van der Waals surface area contributed by atoms with E-state index in [0.29, 0.717) is 37.5 Å². The highest BCUT2D eigenvalue weighted by atomic mass is 35.5. The molecule has 0 aliphatic carbocycles. The fourth-order valence-corrected chi connectivity index (χ4v) is 3.77. The summed E-state index contributed by atoms with van der Waals surface area (Å²) in [5, 5.41) is 2.04. The molecule has 0 saturated carbocycles. The maximum atomic E-state index is 12.7. The minimum absolute atomic E-state index is 0.143. The molecule has 0 spiro atoms. The summed E-state index contributed by atoms with van der Waals surface area (Å²) in [6.45, 7) is 0. The first-order valence-corrected chi connectivity index (χ1v) is 10.4. The quantitative estimate of drug-likeness (QED) is 0.177. The van der Waals surface area contributed by atoms with Crippen molar-refractivity contribution in [2.24, 2.45) is 0 Å². The van der Waals surface area contributed by atoms with Crippen molar-refractivity contribution in [1.82, 2.24) is 0 Å². The molecule has 2 heterocycles. The van der Waals surface area contributed by atoms with E-state index in [0.717, 1.165) is 0 Å². The van der Waals surface area contributed by atoms with Gasteiger partial charge in [0.15, 0.2) is 0 Å². The van der Waals surface area contributed by atoms with E-state index in [4.69, 9.17) is 36.8 Å². The molecule has 0 unspecified atom stereocenters. The van der Waals surface area contributed by atoms with Crippen molar-refractivity contribution < 1.29 is 18.4 Å². The van der Waals surface area contributed by atoms with Gasteiger partial charge in [0.1, 0.15) is 16.9 Å². The molecule has 0 saturated heterocycles. The van der Waals surface area contributed by atoms with Crippen LogP contribution in [0, 0.1) is 0 Å². The Morgan fingerprint density at radius 1 is 0.727 bits per heavy atom. The number of carbonyl (C=O) groups excluding carboxylic acids is 1. The van der Waals surface area contributed by atoms with Gasteiger partial charge in [-0.25, -0.2) is 14.4 Å². The van der Waals surface area contributed by atoms with Gasteiger partial charge >= 0.3 is 17.2 Å². The monoisotopic (exact) mass is 478 g/mol. The third-order valence-electron chi connectivity index (χ3n) is 4.99. The second-order valence-corrected chi connectivity index (χ2v) is 8.04. The van der Waals surface area contributed by atoms with Crippen molar-refractivity contribution in [1.29, 1.82) is 0 Å². The van der Waals surface area contributed by atoms with Crippen LogP contribution in [0.5, 0.6) is 5.75 Å². The highest BCUT2D eigenvalue weighted by molar-refractivity contribution is 6.31. The number of rotatable bonds is 3. The third-order valence-corrected chi connectivity index (χ3v) is 5.48. The fraction of sp³-hybridized carbons (Fsp3) is 0. The van der Waals surface area contributed by atoms with E-state index in [1.165, 1.54) is 24.3 Å². The molecule has 0 fully saturated rings. The lowest BCUT2D eigenvalue weighted by molar-refractivity contribution is 0.0735. The Bertz CT molecular complexity index is 1670. The summed E-state index contributed by atoms with van der Waals surface area (Å²) >= 11 is 11.9. The van der Waals surface area contributed by atoms with Crippen LogP contribution in [0.4, 0.5) is 0 Å². The summed E-state index contributed by atoms with van der Waals surface area (Å²) in [5.74, 6) is -0.434. The highest BCUT2D eigenvalue weighted by Crippen LogP contribution is 2.30. The van der Waals surface area contributed by atoms with E-state index in [2.05, 4.69) is 0 Å². The molecule has 0 amide bonds. The van der Waals surface area contributed by atoms with E-state index in [1.54, 1.807) is 48.5 Å². The van der Waals surface area contributed by atoms with Crippen LogP contribution in [0.1, 0.15) is 10.4 Å². The number of carbonyl (C=O) groups is 1. The van der Waals surface area contributed by atoms with Crippen molar-refractivity contribution in [2.45, 2.75) is 0 Å². The van der Waals surface area contributed by atoms with Crippen LogP contribution in [0.15, 0.2) is 91.2 Å². The number of ether oxygens (including phenoxy) is 1. The van der Waals surface area contributed by atoms with Crippen molar-refractivity contribution in [3.8, 4) is 16.9 Å². The van der Waals surface area contributed by atoms with Gasteiger partial charge in [0.25, 0.3) is 0 Å². The Balaban J connectivity index is 1.59. The van der Waals surface area contributed by atoms with Crippen LogP contribution in [-0.2, 0) is 0 Å². The SMILES string of the molecule is O=C(Oc1ccc2c(-c3cc4cc(Cl)ccc4oc3=O)cc(=O)oc2c1)c1ccc(Cl)cc1. The Morgan fingerprint density at radius 3 is 2.27 bits per heavy atom. The van der Waals surface area contributed by atoms with Gasteiger partial charge in [0.2, 0.25) is 0 Å². The Hall–Kier alpha value is -3.87. The molecule has 8 heteroatoms. The topological polar surface area (TPSA) is 86.7 Å². The van der Waals surface area contributed by atoms with Crippen LogP contribution >= 0.6 is 23.2 Å². The van der Waals surface area contributed by atoms with Gasteiger partial charge in [-0.05, 0) is 60.7 Å². The second kappa shape index (κ2) is 8.24. The number of fused-ring (bicyclic) bond motifs is 2. The number of hydrogen-bond donors (Lipinski definition) is 0. The highest BCUT2D eigenvalue weighted by Gasteiger charge is 2.16. The third kappa shape index (κ3) is 4.14. The standard InChI is InChI=1S/C25H12Cl2O6/c26-15-3-1-13(2-4-15)24(29)31-17-6-7-18-19(12-23(28)32-22(18)11-17)20-10-14-9-16(27)5-8-21(14)33-25(20)30/h1-12H. The van der Waals surface area contributed by atoms with Crippen molar-refractivity contribution in [2.75, 3.05) is 0 Å². The summed E-state index contributed by atoms with van der Waals surface area (Å²) in [5.41, 5.74) is 0.0312. The molecule has 3 aromatic carbocycles. The van der Waals surface area contributed by atoms with Crippen LogP contribution in [0.25, 0.3) is 33.1 Å². The molecule has 0 bridgehead atoms. The smallest absolute Gasteiger partial charge is 0.344 e. The minimum Gasteiger partial charge on any atom is -0.423 e. The predicted octanol–water partition coefficient (Wildman–Crippen LogP) is 6.09. The van der Waals surface area contributed by atoms with Gasteiger partial charge in [0.05, 0.1) is 11.1 Å². The van der Waals surface area contributed by atoms with E-state index >= 15 is 0 Å². The molecule has 5 aromatic rings. The molecular weight excluding hydrogens is 467 g/mol. The van der Waals surface area contributed by atoms with Crippen molar-refractivity contribution in [3.05, 3.63) is 109 Å². The van der Waals surface area contributed by atoms with Crippen LogP contribution in [0.3, 0.4) is 0 Å². The maximum absolute atomic E-state index is 12.7. The van der Waals surface area contributed by atoms with E-state index in [9.17, 15) is 14.4 Å². The Kier molecular flexibility index (Phi) is 5.24. The molecule has 0 atom stereocenters. The minimum atomic E-state index is -0.677. The van der Waals surface area contributed by atoms with Gasteiger partial charge < -0.3 is 13.6 Å². The first-order valence-electron chi connectivity index (χ1n) is 9.67. The molecule has 0 aliphatic heterocycles. The van der Waals surface area contributed by atoms with Crippen molar-refractivity contribution >= 4 is 51.1 Å². The average molecular weight is 479 g/mol. The predicted molar refractivity (Wildman–Crippen MR) is 125 cm³/mol. The van der Waals surface area contributed by atoms with E-state index in [1.807, 2.05) is 0 Å². The average Bonchev–Trinajstić information content (AvgIpc) is 2.78. The molecule has 0 radical (unpaired) electrons. The lowest BCUT2D eigenvalue weighted by Crippen LogP contribution is -2.09. The van der Waals surface area contributed by atoms with Crippen LogP contribution in [0.2, 0.25) is 10.0 Å². The number of benzene rings is 3. The van der Waals surface area contributed by atoms with E-state index < -0.39 is 17.2 Å². The van der Waals surface area contributed by atoms with Gasteiger partial charge in [-0.1, -0.05) is 23.2 Å². The lowest BCUT2D eigenvalue weighted by Gasteiger charge is -2.08. The Labute approximate surface area is 195 Å². The van der Waals surface area contributed by atoms with Crippen LogP contribution in [-0.4, -0.2) is 5.97 Å². The number of esters is 1. The first kappa shape index (κ1) is 21.0. The molecule has 162 valence electrons. The zero-order valence-electron chi connectivity index (χ0n) is 16.6. The molecule has 0 N–H and O–H groups in total. The molecule has 2 aromatic heterocycles. The summed E-state index contributed by atoms with van der Waals surface area (Å²) in [7, 11) is 0. The molecule has 6 nitrogen and oxygen atoms in total. The summed E-state index contributed by atoms with van der Waals surface area (Å²) in [4.78, 5) is 37.3. The zero-order chi connectivity index (χ0) is 23.1. The summed E-state index contributed by atoms with van der Waals surface area (Å²) in [6.07, 6.45) is 0. The van der Waals surface area contributed by atoms with Crippen LogP contribution < -0.4 is 16.0 Å². The van der Waals surface area contributed by atoms with Crippen molar-refractivity contribution in [3.63, 3.8) is 0 Å². The largest absolute Gasteiger partial charge is 0.423 e. The molecular formula is C25H12Cl2O6. The van der Waals surface area contributed by atoms with Gasteiger partial charge in [-0.15, -0.1) is 0 Å². The number of hydrogen-bond acceptors (Lipinski definition) is 6. The van der Waals surface area contributed by atoms with Gasteiger partial charge in [-0.2, -0.15) is 0 Å².